The lowest BCUT2D eigenvalue weighted by atomic mass is 9.98. The highest BCUT2D eigenvalue weighted by Gasteiger charge is 2.21. The highest BCUT2D eigenvalue weighted by Crippen LogP contribution is 2.32. The zero-order valence-corrected chi connectivity index (χ0v) is 16.2. The molecule has 4 nitrogen and oxygen atoms in total. The molecule has 0 amide bonds. The topological polar surface area (TPSA) is 53.7 Å². The number of phenols is 1. The van der Waals surface area contributed by atoms with Crippen LogP contribution in [0.15, 0.2) is 45.6 Å². The van der Waals surface area contributed by atoms with Gasteiger partial charge < -0.3 is 9.52 Å². The van der Waals surface area contributed by atoms with Gasteiger partial charge in [0.25, 0.3) is 0 Å². The Morgan fingerprint density at radius 2 is 1.82 bits per heavy atom. The van der Waals surface area contributed by atoms with Crippen molar-refractivity contribution in [1.82, 2.24) is 4.90 Å². The second-order valence-electron chi connectivity index (χ2n) is 7.77. The maximum Gasteiger partial charge on any atom is 0.200 e. The molecule has 1 aliphatic rings. The van der Waals surface area contributed by atoms with Crippen LogP contribution in [-0.4, -0.2) is 23.1 Å². The molecule has 2 aromatic carbocycles. The molecule has 1 fully saturated rings. The molecule has 146 valence electrons. The number of aromatic hydroxyl groups is 1. The van der Waals surface area contributed by atoms with E-state index in [1.165, 1.54) is 12.1 Å². The number of benzene rings is 2. The highest BCUT2D eigenvalue weighted by atomic mass is 19.1. The van der Waals surface area contributed by atoms with Gasteiger partial charge in [-0.25, -0.2) is 4.39 Å². The summed E-state index contributed by atoms with van der Waals surface area (Å²) >= 11 is 0. The first kappa shape index (κ1) is 18.7. The SMILES string of the molecule is Cc1oc2c(CN3CCC(C)CC3)c(O)ccc2c(=O)c1-c1ccc(F)cc1. The summed E-state index contributed by atoms with van der Waals surface area (Å²) in [7, 11) is 0. The smallest absolute Gasteiger partial charge is 0.200 e. The Kier molecular flexibility index (Phi) is 4.94. The number of aryl methyl sites for hydroxylation is 1. The summed E-state index contributed by atoms with van der Waals surface area (Å²) in [5, 5.41) is 10.9. The zero-order chi connectivity index (χ0) is 19.8. The molecular weight excluding hydrogens is 357 g/mol. The molecular formula is C23H24FNO3. The van der Waals surface area contributed by atoms with Crippen molar-refractivity contribution in [3.8, 4) is 16.9 Å². The lowest BCUT2D eigenvalue weighted by Gasteiger charge is -2.30. The number of halogens is 1. The normalized spacial score (nSPS) is 16.0. The number of likely N-dealkylation sites (tertiary alicyclic amines) is 1. The third-order valence-electron chi connectivity index (χ3n) is 5.71. The van der Waals surface area contributed by atoms with Crippen molar-refractivity contribution >= 4 is 11.0 Å². The third kappa shape index (κ3) is 3.42. The van der Waals surface area contributed by atoms with Gasteiger partial charge in [-0.15, -0.1) is 0 Å². The second-order valence-corrected chi connectivity index (χ2v) is 7.77. The quantitative estimate of drug-likeness (QED) is 0.705. The molecule has 0 saturated carbocycles. The Labute approximate surface area is 163 Å². The fraction of sp³-hybridized carbons (Fsp3) is 0.348. The van der Waals surface area contributed by atoms with Crippen molar-refractivity contribution in [3.05, 3.63) is 63.8 Å². The lowest BCUT2D eigenvalue weighted by Crippen LogP contribution is -2.32. The number of piperidine rings is 1. The monoisotopic (exact) mass is 381 g/mol. The van der Waals surface area contributed by atoms with E-state index in [0.29, 0.717) is 40.0 Å². The highest BCUT2D eigenvalue weighted by molar-refractivity contribution is 5.86. The van der Waals surface area contributed by atoms with Crippen molar-refractivity contribution in [2.75, 3.05) is 13.1 Å². The van der Waals surface area contributed by atoms with Crippen LogP contribution in [-0.2, 0) is 6.54 Å². The largest absolute Gasteiger partial charge is 0.507 e. The maximum atomic E-state index is 13.3. The zero-order valence-electron chi connectivity index (χ0n) is 16.2. The molecule has 1 aliphatic heterocycles. The molecule has 3 aromatic rings. The van der Waals surface area contributed by atoms with Crippen LogP contribution in [0.1, 0.15) is 31.1 Å². The predicted molar refractivity (Wildman–Crippen MR) is 108 cm³/mol. The molecule has 1 saturated heterocycles. The fourth-order valence-corrected chi connectivity index (χ4v) is 3.96. The van der Waals surface area contributed by atoms with Crippen molar-refractivity contribution in [1.29, 1.82) is 0 Å². The minimum absolute atomic E-state index is 0.142. The Bertz CT molecular complexity index is 1060. The molecule has 1 aromatic heterocycles. The number of fused-ring (bicyclic) bond motifs is 1. The van der Waals surface area contributed by atoms with Gasteiger partial charge in [0, 0.05) is 6.54 Å². The van der Waals surface area contributed by atoms with Crippen molar-refractivity contribution in [2.45, 2.75) is 33.2 Å². The number of hydrogen-bond acceptors (Lipinski definition) is 4. The van der Waals surface area contributed by atoms with Crippen molar-refractivity contribution in [3.63, 3.8) is 0 Å². The fourth-order valence-electron chi connectivity index (χ4n) is 3.96. The van der Waals surface area contributed by atoms with Gasteiger partial charge in [-0.2, -0.15) is 0 Å². The molecule has 5 heteroatoms. The molecule has 28 heavy (non-hydrogen) atoms. The number of nitrogens with zero attached hydrogens (tertiary/aromatic N) is 1. The Balaban J connectivity index is 1.81. The van der Waals surface area contributed by atoms with Crippen LogP contribution in [0, 0.1) is 18.7 Å². The molecule has 1 N–H and O–H groups in total. The molecule has 0 radical (unpaired) electrons. The van der Waals surface area contributed by atoms with Gasteiger partial charge in [-0.1, -0.05) is 19.1 Å². The van der Waals surface area contributed by atoms with Crippen LogP contribution < -0.4 is 5.43 Å². The first-order valence-electron chi connectivity index (χ1n) is 9.70. The summed E-state index contributed by atoms with van der Waals surface area (Å²) in [6.45, 7) is 6.47. The van der Waals surface area contributed by atoms with Gasteiger partial charge in [-0.05, 0) is 68.6 Å². The minimum atomic E-state index is -0.352. The van der Waals surface area contributed by atoms with E-state index in [2.05, 4.69) is 11.8 Å². The standard InChI is InChI=1S/C23H24FNO3/c1-14-9-11-25(12-10-14)13-19-20(26)8-7-18-22(27)21(15(2)28-23(18)19)16-3-5-17(24)6-4-16/h3-8,14,26H,9-13H2,1-2H3. The van der Waals surface area contributed by atoms with Crippen molar-refractivity contribution in [2.24, 2.45) is 5.92 Å². The van der Waals surface area contributed by atoms with Crippen LogP contribution in [0.2, 0.25) is 0 Å². The second kappa shape index (κ2) is 7.40. The van der Waals surface area contributed by atoms with E-state index in [9.17, 15) is 14.3 Å². The molecule has 0 atom stereocenters. The summed E-state index contributed by atoms with van der Waals surface area (Å²) in [5.74, 6) is 0.969. The summed E-state index contributed by atoms with van der Waals surface area (Å²) in [6, 6.07) is 8.99. The van der Waals surface area contributed by atoms with Gasteiger partial charge in [0.1, 0.15) is 22.9 Å². The molecule has 2 heterocycles. The minimum Gasteiger partial charge on any atom is -0.507 e. The number of phenolic OH excluding ortho intramolecular Hbond substituents is 1. The van der Waals surface area contributed by atoms with Crippen LogP contribution >= 0.6 is 0 Å². The van der Waals surface area contributed by atoms with Crippen LogP contribution in [0.25, 0.3) is 22.1 Å². The van der Waals surface area contributed by atoms with Gasteiger partial charge in [0.05, 0.1) is 16.5 Å². The van der Waals surface area contributed by atoms with Crippen LogP contribution in [0.5, 0.6) is 5.75 Å². The van der Waals surface area contributed by atoms with E-state index < -0.39 is 0 Å². The molecule has 4 rings (SSSR count). The number of rotatable bonds is 3. The van der Waals surface area contributed by atoms with E-state index >= 15 is 0 Å². The summed E-state index contributed by atoms with van der Waals surface area (Å²) in [6.07, 6.45) is 2.26. The van der Waals surface area contributed by atoms with E-state index in [1.807, 2.05) is 0 Å². The Hall–Kier alpha value is -2.66. The van der Waals surface area contributed by atoms with Crippen LogP contribution in [0.4, 0.5) is 4.39 Å². The van der Waals surface area contributed by atoms with E-state index in [4.69, 9.17) is 4.42 Å². The Morgan fingerprint density at radius 3 is 2.50 bits per heavy atom. The maximum absolute atomic E-state index is 13.3. The van der Waals surface area contributed by atoms with Crippen molar-refractivity contribution < 1.29 is 13.9 Å². The summed E-state index contributed by atoms with van der Waals surface area (Å²) in [4.78, 5) is 15.5. The Morgan fingerprint density at radius 1 is 1.14 bits per heavy atom. The average Bonchev–Trinajstić information content (AvgIpc) is 2.67. The molecule has 0 aliphatic carbocycles. The van der Waals surface area contributed by atoms with Gasteiger partial charge >= 0.3 is 0 Å². The lowest BCUT2D eigenvalue weighted by molar-refractivity contribution is 0.183. The molecule has 0 unspecified atom stereocenters. The molecule has 0 bridgehead atoms. The summed E-state index contributed by atoms with van der Waals surface area (Å²) < 4.78 is 19.3. The summed E-state index contributed by atoms with van der Waals surface area (Å²) in [5.41, 5.74) is 1.97. The third-order valence-corrected chi connectivity index (χ3v) is 5.71. The van der Waals surface area contributed by atoms with Gasteiger partial charge in [-0.3, -0.25) is 9.69 Å². The van der Waals surface area contributed by atoms with Gasteiger partial charge in [0.2, 0.25) is 5.43 Å². The van der Waals surface area contributed by atoms with Crippen LogP contribution in [0.3, 0.4) is 0 Å². The number of hydrogen-bond donors (Lipinski definition) is 1. The predicted octanol–water partition coefficient (Wildman–Crippen LogP) is 4.85. The first-order chi connectivity index (χ1) is 13.4. The van der Waals surface area contributed by atoms with E-state index in [0.717, 1.165) is 31.8 Å². The van der Waals surface area contributed by atoms with E-state index in [-0.39, 0.29) is 17.0 Å². The first-order valence-corrected chi connectivity index (χ1v) is 9.70. The van der Waals surface area contributed by atoms with Gasteiger partial charge in [0.15, 0.2) is 0 Å². The van der Waals surface area contributed by atoms with E-state index in [1.54, 1.807) is 31.2 Å². The molecule has 0 spiro atoms. The average molecular weight is 381 g/mol.